The molecule has 410 valence electrons. The molecule has 0 aromatic heterocycles. The molecule has 0 aliphatic heterocycles. The van der Waals surface area contributed by atoms with Gasteiger partial charge in [-0.15, -0.1) is 0 Å². The maximum atomic E-state index is 12.9. The van der Waals surface area contributed by atoms with Crippen LogP contribution in [0.5, 0.6) is 0 Å². The summed E-state index contributed by atoms with van der Waals surface area (Å²) < 4.78 is 16.9. The van der Waals surface area contributed by atoms with Crippen molar-refractivity contribution < 1.29 is 28.6 Å². The van der Waals surface area contributed by atoms with E-state index in [1.54, 1.807) is 0 Å². The Morgan fingerprint density at radius 2 is 0.542 bits per heavy atom. The van der Waals surface area contributed by atoms with Gasteiger partial charge in [0.1, 0.15) is 13.2 Å². The van der Waals surface area contributed by atoms with Gasteiger partial charge in [0, 0.05) is 19.3 Å². The largest absolute Gasteiger partial charge is 0.462 e. The molecule has 0 aliphatic carbocycles. The van der Waals surface area contributed by atoms with E-state index in [9.17, 15) is 14.4 Å². The fourth-order valence-corrected chi connectivity index (χ4v) is 8.07. The van der Waals surface area contributed by atoms with Crippen molar-refractivity contribution in [2.75, 3.05) is 13.2 Å². The lowest BCUT2D eigenvalue weighted by Gasteiger charge is -2.18. The van der Waals surface area contributed by atoms with E-state index in [4.69, 9.17) is 14.2 Å². The molecule has 72 heavy (non-hydrogen) atoms. The molecule has 0 N–H and O–H groups in total. The highest BCUT2D eigenvalue weighted by Crippen LogP contribution is 2.15. The maximum absolute atomic E-state index is 12.9. The molecule has 6 nitrogen and oxygen atoms in total. The van der Waals surface area contributed by atoms with Gasteiger partial charge in [-0.1, -0.05) is 239 Å². The minimum atomic E-state index is -0.795. The van der Waals surface area contributed by atoms with E-state index in [2.05, 4.69) is 130 Å². The van der Waals surface area contributed by atoms with Crippen LogP contribution in [0.4, 0.5) is 0 Å². The van der Waals surface area contributed by atoms with Gasteiger partial charge in [0.05, 0.1) is 0 Å². The Labute approximate surface area is 444 Å². The number of unbranched alkanes of at least 4 members (excludes halogenated alkanes) is 24. The third kappa shape index (κ3) is 57.0. The minimum Gasteiger partial charge on any atom is -0.462 e. The Morgan fingerprint density at radius 1 is 0.292 bits per heavy atom. The second kappa shape index (κ2) is 59.6. The van der Waals surface area contributed by atoms with Gasteiger partial charge in [-0.3, -0.25) is 14.4 Å². The van der Waals surface area contributed by atoms with Crippen molar-refractivity contribution in [2.24, 2.45) is 0 Å². The van der Waals surface area contributed by atoms with E-state index in [0.717, 1.165) is 135 Å². The summed E-state index contributed by atoms with van der Waals surface area (Å²) >= 11 is 0. The van der Waals surface area contributed by atoms with Crippen LogP contribution >= 0.6 is 0 Å². The predicted octanol–water partition coefficient (Wildman–Crippen LogP) is 20.3. The number of esters is 3. The molecule has 0 aliphatic rings. The van der Waals surface area contributed by atoms with E-state index >= 15 is 0 Å². The van der Waals surface area contributed by atoms with Crippen molar-refractivity contribution in [1.82, 2.24) is 0 Å². The zero-order valence-electron chi connectivity index (χ0n) is 46.9. The Kier molecular flexibility index (Phi) is 56.4. The molecule has 0 bridgehead atoms. The summed E-state index contributed by atoms with van der Waals surface area (Å²) in [6, 6.07) is 0. The fraction of sp³-hybridized carbons (Fsp3) is 0.682. The van der Waals surface area contributed by atoms with Crippen LogP contribution in [0, 0.1) is 0 Å². The number of carbonyl (C=O) groups excluding carboxylic acids is 3. The molecular weight excluding hydrogens is 889 g/mol. The molecule has 0 spiro atoms. The molecule has 0 fully saturated rings. The zero-order chi connectivity index (χ0) is 52.2. The standard InChI is InChI=1S/C66H110O6/c1-4-7-10-13-16-19-22-25-28-30-32-33-35-36-38-41-44-47-50-53-56-59-65(68)71-62-63(61-70-64(67)58-55-52-49-46-43-40-27-24-21-18-15-12-9-6-3)72-66(69)60-57-54-51-48-45-42-39-37-34-31-29-26-23-20-17-14-11-8-5-2/h7-8,10-11,16-17,19-20,24-29,32-34,37,63H,4-6,9,12-15,18,21-23,30-31,35-36,38-62H2,1-3H3/b10-7-,11-8-,19-16-,20-17-,27-24-,28-25-,29-26-,33-32-,37-34-. The number of ether oxygens (including phenoxy) is 3. The second-order valence-corrected chi connectivity index (χ2v) is 19.5. The van der Waals surface area contributed by atoms with Crippen molar-refractivity contribution >= 4 is 17.9 Å². The van der Waals surface area contributed by atoms with Crippen LogP contribution in [0.3, 0.4) is 0 Å². The smallest absolute Gasteiger partial charge is 0.306 e. The number of carbonyl (C=O) groups is 3. The van der Waals surface area contributed by atoms with Gasteiger partial charge >= 0.3 is 17.9 Å². The lowest BCUT2D eigenvalue weighted by Crippen LogP contribution is -2.30. The first-order chi connectivity index (χ1) is 35.5. The molecule has 0 heterocycles. The fourth-order valence-electron chi connectivity index (χ4n) is 8.07. The minimum absolute atomic E-state index is 0.0918. The normalized spacial score (nSPS) is 12.9. The monoisotopic (exact) mass is 999 g/mol. The zero-order valence-corrected chi connectivity index (χ0v) is 46.9. The summed E-state index contributed by atoms with van der Waals surface area (Å²) in [6.07, 6.45) is 80.7. The summed E-state index contributed by atoms with van der Waals surface area (Å²) in [5, 5.41) is 0. The highest BCUT2D eigenvalue weighted by Gasteiger charge is 2.19. The molecule has 0 saturated carbocycles. The van der Waals surface area contributed by atoms with Gasteiger partial charge in [0.15, 0.2) is 6.10 Å². The first-order valence-electron chi connectivity index (χ1n) is 29.9. The van der Waals surface area contributed by atoms with Crippen molar-refractivity contribution in [3.05, 3.63) is 109 Å². The summed E-state index contributed by atoms with van der Waals surface area (Å²) in [5.41, 5.74) is 0. The molecule has 0 saturated heterocycles. The molecule has 1 atom stereocenters. The van der Waals surface area contributed by atoms with E-state index in [1.807, 2.05) is 0 Å². The van der Waals surface area contributed by atoms with E-state index in [1.165, 1.54) is 96.3 Å². The Hall–Kier alpha value is -3.93. The molecule has 0 aromatic carbocycles. The molecule has 0 aromatic rings. The van der Waals surface area contributed by atoms with Crippen LogP contribution < -0.4 is 0 Å². The third-order valence-corrected chi connectivity index (χ3v) is 12.5. The van der Waals surface area contributed by atoms with E-state index < -0.39 is 6.10 Å². The van der Waals surface area contributed by atoms with Gasteiger partial charge in [-0.25, -0.2) is 0 Å². The van der Waals surface area contributed by atoms with Crippen LogP contribution in [-0.2, 0) is 28.6 Å². The van der Waals surface area contributed by atoms with Crippen LogP contribution in [0.15, 0.2) is 109 Å². The molecule has 0 radical (unpaired) electrons. The van der Waals surface area contributed by atoms with Gasteiger partial charge < -0.3 is 14.2 Å². The highest BCUT2D eigenvalue weighted by atomic mass is 16.6. The van der Waals surface area contributed by atoms with Crippen molar-refractivity contribution in [2.45, 2.75) is 277 Å². The Balaban J connectivity index is 4.43. The summed E-state index contributed by atoms with van der Waals surface area (Å²) in [6.45, 7) is 6.39. The number of hydrogen-bond donors (Lipinski definition) is 0. The highest BCUT2D eigenvalue weighted by molar-refractivity contribution is 5.71. The van der Waals surface area contributed by atoms with Crippen molar-refractivity contribution in [3.8, 4) is 0 Å². The molecule has 0 rings (SSSR count). The average molecular weight is 1000 g/mol. The van der Waals surface area contributed by atoms with Crippen molar-refractivity contribution in [3.63, 3.8) is 0 Å². The molecule has 1 unspecified atom stereocenters. The second-order valence-electron chi connectivity index (χ2n) is 19.5. The summed E-state index contributed by atoms with van der Waals surface area (Å²) in [5.74, 6) is -0.918. The Morgan fingerprint density at radius 3 is 0.861 bits per heavy atom. The maximum Gasteiger partial charge on any atom is 0.306 e. The molecular formula is C66H110O6. The van der Waals surface area contributed by atoms with Crippen LogP contribution in [0.1, 0.15) is 271 Å². The van der Waals surface area contributed by atoms with Crippen LogP contribution in [-0.4, -0.2) is 37.2 Å². The van der Waals surface area contributed by atoms with Crippen LogP contribution in [0.2, 0.25) is 0 Å². The van der Waals surface area contributed by atoms with Gasteiger partial charge in [-0.05, 0) is 122 Å². The third-order valence-electron chi connectivity index (χ3n) is 12.5. The lowest BCUT2D eigenvalue weighted by molar-refractivity contribution is -0.167. The Bertz CT molecular complexity index is 1470. The van der Waals surface area contributed by atoms with Gasteiger partial charge in [0.25, 0.3) is 0 Å². The quantitative estimate of drug-likeness (QED) is 0.0261. The topological polar surface area (TPSA) is 78.9 Å². The number of rotatable bonds is 53. The molecule has 0 amide bonds. The van der Waals surface area contributed by atoms with Crippen molar-refractivity contribution in [1.29, 1.82) is 0 Å². The lowest BCUT2D eigenvalue weighted by atomic mass is 10.1. The summed E-state index contributed by atoms with van der Waals surface area (Å²) in [4.78, 5) is 38.2. The van der Waals surface area contributed by atoms with Gasteiger partial charge in [-0.2, -0.15) is 0 Å². The number of hydrogen-bond acceptors (Lipinski definition) is 6. The first-order valence-corrected chi connectivity index (χ1v) is 29.9. The van der Waals surface area contributed by atoms with E-state index in [-0.39, 0.29) is 31.1 Å². The predicted molar refractivity (Wildman–Crippen MR) is 311 cm³/mol. The number of allylic oxidation sites excluding steroid dienone is 18. The van der Waals surface area contributed by atoms with E-state index in [0.29, 0.717) is 19.3 Å². The van der Waals surface area contributed by atoms with Crippen LogP contribution in [0.25, 0.3) is 0 Å². The average Bonchev–Trinajstić information content (AvgIpc) is 3.38. The molecule has 6 heteroatoms. The SMILES string of the molecule is CC/C=C\C/C=C\C/C=C\C/C=C\CCCCCCCCCCC(=O)OCC(COC(=O)CCCCCCC/C=C\CCCCCCC)OC(=O)CCCCCCCC/C=C\C/C=C\C/C=C\C/C=C\CC. The first kappa shape index (κ1) is 68.1. The van der Waals surface area contributed by atoms with Gasteiger partial charge in [0.2, 0.25) is 0 Å². The summed E-state index contributed by atoms with van der Waals surface area (Å²) in [7, 11) is 0.